The number of hydrogen-bond acceptors (Lipinski definition) is 5. The maximum Gasteiger partial charge on any atom is 0.401 e. The lowest BCUT2D eigenvalue weighted by atomic mass is 9.87. The van der Waals surface area contributed by atoms with E-state index < -0.39 is 30.4 Å². The van der Waals surface area contributed by atoms with Gasteiger partial charge in [0.15, 0.2) is 5.82 Å². The van der Waals surface area contributed by atoms with Crippen LogP contribution in [0.1, 0.15) is 49.3 Å². The van der Waals surface area contributed by atoms with Crippen molar-refractivity contribution in [3.63, 3.8) is 0 Å². The van der Waals surface area contributed by atoms with Crippen LogP contribution in [-0.4, -0.2) is 64.3 Å². The Hall–Kier alpha value is -3.35. The van der Waals surface area contributed by atoms with Crippen LogP contribution >= 0.6 is 0 Å². The molecule has 3 N–H and O–H groups in total. The van der Waals surface area contributed by atoms with E-state index in [-0.39, 0.29) is 18.0 Å². The van der Waals surface area contributed by atoms with E-state index in [1.54, 1.807) is 17.1 Å². The summed E-state index contributed by atoms with van der Waals surface area (Å²) in [5.41, 5.74) is 2.97. The highest BCUT2D eigenvalue weighted by atomic mass is 19.4. The number of aryl methyl sites for hydroxylation is 1. The molecule has 1 aliphatic carbocycles. The highest BCUT2D eigenvalue weighted by molar-refractivity contribution is 5.94. The van der Waals surface area contributed by atoms with Gasteiger partial charge in [0.1, 0.15) is 18.0 Å². The Morgan fingerprint density at radius 1 is 1.14 bits per heavy atom. The van der Waals surface area contributed by atoms with Crippen molar-refractivity contribution in [3.8, 4) is 5.69 Å². The molecule has 0 radical (unpaired) electrons. The zero-order valence-electron chi connectivity index (χ0n) is 24.1. The second-order valence-corrected chi connectivity index (χ2v) is 11.5. The van der Waals surface area contributed by atoms with Crippen molar-refractivity contribution in [3.05, 3.63) is 77.2 Å². The molecule has 3 aromatic rings. The van der Waals surface area contributed by atoms with Crippen molar-refractivity contribution in [2.75, 3.05) is 25.0 Å². The minimum atomic E-state index is -4.20. The number of rotatable bonds is 11. The maximum absolute atomic E-state index is 14.4. The molecular weight excluding hydrogens is 567 g/mol. The molecule has 7 nitrogen and oxygen atoms in total. The molecule has 2 aliphatic rings. The molecule has 2 heterocycles. The van der Waals surface area contributed by atoms with Crippen LogP contribution in [0.3, 0.4) is 0 Å². The smallest absolute Gasteiger partial charge is 0.309 e. The van der Waals surface area contributed by atoms with E-state index in [2.05, 4.69) is 20.9 Å². The van der Waals surface area contributed by atoms with Crippen molar-refractivity contribution in [1.82, 2.24) is 25.1 Å². The van der Waals surface area contributed by atoms with Gasteiger partial charge >= 0.3 is 6.18 Å². The van der Waals surface area contributed by atoms with Crippen molar-refractivity contribution >= 4 is 11.7 Å². The van der Waals surface area contributed by atoms with Gasteiger partial charge in [0.05, 0.1) is 24.5 Å². The van der Waals surface area contributed by atoms with Gasteiger partial charge in [-0.05, 0) is 60.9 Å². The Morgan fingerprint density at radius 3 is 2.74 bits per heavy atom. The topological polar surface area (TPSA) is 74.2 Å². The van der Waals surface area contributed by atoms with Gasteiger partial charge in [-0.25, -0.2) is 13.8 Å². The van der Waals surface area contributed by atoms with Gasteiger partial charge in [0.25, 0.3) is 0 Å². The van der Waals surface area contributed by atoms with Gasteiger partial charge in [-0.3, -0.25) is 9.69 Å². The van der Waals surface area contributed by atoms with Crippen LogP contribution in [0.15, 0.2) is 48.9 Å². The van der Waals surface area contributed by atoms with Crippen LogP contribution in [-0.2, 0) is 24.2 Å². The van der Waals surface area contributed by atoms with Crippen molar-refractivity contribution < 1.29 is 26.7 Å². The molecule has 5 rings (SSSR count). The Bertz CT molecular complexity index is 1410. The predicted octanol–water partition coefficient (Wildman–Crippen LogP) is 5.13. The van der Waals surface area contributed by atoms with E-state index in [0.717, 1.165) is 23.7 Å². The Balaban J connectivity index is 1.19. The molecule has 1 saturated heterocycles. The number of fused-ring (bicyclic) bond motifs is 1. The van der Waals surface area contributed by atoms with Gasteiger partial charge in [-0.15, -0.1) is 0 Å². The first-order valence-corrected chi connectivity index (χ1v) is 14.8. The minimum Gasteiger partial charge on any atom is -0.309 e. The van der Waals surface area contributed by atoms with Crippen LogP contribution in [0.5, 0.6) is 0 Å². The van der Waals surface area contributed by atoms with Crippen LogP contribution in [0.2, 0.25) is 0 Å². The molecule has 1 aromatic heterocycles. The van der Waals surface area contributed by atoms with Crippen molar-refractivity contribution in [2.24, 2.45) is 0 Å². The highest BCUT2D eigenvalue weighted by Gasteiger charge is 2.34. The Labute approximate surface area is 247 Å². The third kappa shape index (κ3) is 8.18. The molecule has 1 fully saturated rings. The Kier molecular flexibility index (Phi) is 9.78. The second-order valence-electron chi connectivity index (χ2n) is 11.5. The number of imidazole rings is 1. The van der Waals surface area contributed by atoms with Gasteiger partial charge in [0, 0.05) is 37.8 Å². The van der Waals surface area contributed by atoms with E-state index in [0.29, 0.717) is 68.7 Å². The number of anilines is 1. The summed E-state index contributed by atoms with van der Waals surface area (Å²) in [5.74, 6) is -0.984. The summed E-state index contributed by atoms with van der Waals surface area (Å²) in [6.45, 7) is 2.31. The number of halogens is 5. The molecule has 43 heavy (non-hydrogen) atoms. The molecular formula is C31H37F5N6O. The summed E-state index contributed by atoms with van der Waals surface area (Å²) in [4.78, 5) is 19.1. The van der Waals surface area contributed by atoms with Gasteiger partial charge in [0.2, 0.25) is 5.91 Å². The fourth-order valence-corrected chi connectivity index (χ4v) is 6.09. The van der Waals surface area contributed by atoms with Gasteiger partial charge in [-0.2, -0.15) is 13.2 Å². The first kappa shape index (κ1) is 31.1. The van der Waals surface area contributed by atoms with E-state index in [1.807, 2.05) is 31.2 Å². The fraction of sp³-hybridized carbons (Fsp3) is 0.484. The number of aromatic nitrogens is 2. The molecule has 0 spiro atoms. The molecule has 2 aromatic carbocycles. The second kappa shape index (κ2) is 13.5. The summed E-state index contributed by atoms with van der Waals surface area (Å²) in [7, 11) is 0. The minimum absolute atomic E-state index is 0.0358. The third-order valence-electron chi connectivity index (χ3n) is 8.16. The molecule has 232 valence electrons. The van der Waals surface area contributed by atoms with Crippen molar-refractivity contribution in [2.45, 2.75) is 76.3 Å². The zero-order chi connectivity index (χ0) is 30.6. The van der Waals surface area contributed by atoms with Crippen LogP contribution < -0.4 is 16.0 Å². The standard InChI is InChI=1S/C31H37F5N6O/c1-2-5-27(39-23-9-8-20-12-22(32)13-26(33)25(20)14-23)30(43)40-29-17-42(19-38-29)28-7-4-3-6-21(28)15-37-24-10-11-41(16-24)18-31(34,35)36/h3-4,6-7,12-13,17,19,23-24,27,37,39H,2,5,8-11,14-16,18H2,1H3,(H,40,43)/t23-,24?,27?/m0/s1. The lowest BCUT2D eigenvalue weighted by molar-refractivity contribution is -0.143. The maximum atomic E-state index is 14.4. The predicted molar refractivity (Wildman–Crippen MR) is 154 cm³/mol. The molecule has 1 aliphatic heterocycles. The number of amides is 1. The summed E-state index contributed by atoms with van der Waals surface area (Å²) >= 11 is 0. The van der Waals surface area contributed by atoms with E-state index >= 15 is 0 Å². The fourth-order valence-electron chi connectivity index (χ4n) is 6.09. The number of hydrogen-bond donors (Lipinski definition) is 3. The Morgan fingerprint density at radius 2 is 1.95 bits per heavy atom. The van der Waals surface area contributed by atoms with Crippen LogP contribution in [0.4, 0.5) is 27.8 Å². The van der Waals surface area contributed by atoms with Gasteiger partial charge in [-0.1, -0.05) is 31.5 Å². The average molecular weight is 605 g/mol. The highest BCUT2D eigenvalue weighted by Crippen LogP contribution is 2.26. The molecule has 1 amide bonds. The summed E-state index contributed by atoms with van der Waals surface area (Å²) in [6, 6.07) is 9.28. The van der Waals surface area contributed by atoms with Gasteiger partial charge < -0.3 is 20.5 Å². The lowest BCUT2D eigenvalue weighted by Gasteiger charge is -2.29. The number of likely N-dealkylation sites (tertiary alicyclic amines) is 1. The molecule has 0 bridgehead atoms. The summed E-state index contributed by atoms with van der Waals surface area (Å²) in [5, 5.41) is 9.66. The van der Waals surface area contributed by atoms with Crippen LogP contribution in [0.25, 0.3) is 5.69 Å². The zero-order valence-corrected chi connectivity index (χ0v) is 24.1. The quantitative estimate of drug-likeness (QED) is 0.265. The third-order valence-corrected chi connectivity index (χ3v) is 8.16. The number of nitrogens with zero attached hydrogens (tertiary/aromatic N) is 3. The molecule has 3 atom stereocenters. The van der Waals surface area contributed by atoms with E-state index in [9.17, 15) is 26.7 Å². The lowest BCUT2D eigenvalue weighted by Crippen LogP contribution is -2.48. The molecule has 2 unspecified atom stereocenters. The number of nitrogens with one attached hydrogen (secondary N) is 3. The first-order valence-electron chi connectivity index (χ1n) is 14.8. The monoisotopic (exact) mass is 604 g/mol. The number of carbonyl (C=O) groups is 1. The average Bonchev–Trinajstić information content (AvgIpc) is 3.60. The number of benzene rings is 2. The van der Waals surface area contributed by atoms with Crippen LogP contribution in [0, 0.1) is 11.6 Å². The first-order chi connectivity index (χ1) is 20.6. The van der Waals surface area contributed by atoms with E-state index in [1.165, 1.54) is 11.0 Å². The molecule has 12 heteroatoms. The summed E-state index contributed by atoms with van der Waals surface area (Å²) in [6.07, 6.45) is 2.71. The normalized spacial score (nSPS) is 19.8. The number of carbonyl (C=O) groups excluding carboxylic acids is 1. The van der Waals surface area contributed by atoms with Crippen molar-refractivity contribution in [1.29, 1.82) is 0 Å². The number of alkyl halides is 3. The van der Waals surface area contributed by atoms with E-state index in [4.69, 9.17) is 0 Å². The SMILES string of the molecule is CCCC(N[C@H]1CCc2cc(F)cc(F)c2C1)C(=O)Nc1cn(-c2ccccc2CNC2CCN(CC(F)(F)F)C2)cn1. The molecule has 0 saturated carbocycles. The summed E-state index contributed by atoms with van der Waals surface area (Å²) < 4.78 is 68.1. The number of para-hydroxylation sites is 1. The largest absolute Gasteiger partial charge is 0.401 e.